The minimum Gasteiger partial charge on any atom is -0.455 e. The lowest BCUT2D eigenvalue weighted by Crippen LogP contribution is -2.00. The van der Waals surface area contributed by atoms with Crippen LogP contribution < -0.4 is 5.73 Å². The van der Waals surface area contributed by atoms with E-state index in [1.54, 1.807) is 0 Å². The molecule has 3 aromatic heterocycles. The van der Waals surface area contributed by atoms with Crippen LogP contribution in [0.4, 0.5) is 0 Å². The molecule has 0 aliphatic heterocycles. The van der Waals surface area contributed by atoms with Crippen molar-refractivity contribution in [1.82, 2.24) is 9.55 Å². The smallest absolute Gasteiger partial charge is 0.145 e. The van der Waals surface area contributed by atoms with E-state index in [-0.39, 0.29) is 0 Å². The lowest BCUT2D eigenvalue weighted by atomic mass is 9.98. The van der Waals surface area contributed by atoms with Crippen molar-refractivity contribution >= 4 is 55.5 Å². The van der Waals surface area contributed by atoms with Gasteiger partial charge in [-0.3, -0.25) is 4.98 Å². The molecule has 0 fully saturated rings. The molecule has 8 aromatic rings. The molecule has 0 unspecified atom stereocenters. The van der Waals surface area contributed by atoms with Crippen LogP contribution in [0.1, 0.15) is 16.8 Å². The van der Waals surface area contributed by atoms with Crippen LogP contribution in [0.15, 0.2) is 156 Å². The number of pyridine rings is 1. The van der Waals surface area contributed by atoms with E-state index < -0.39 is 0 Å². The van der Waals surface area contributed by atoms with Crippen LogP contribution in [-0.2, 0) is 6.42 Å². The van der Waals surface area contributed by atoms with Crippen LogP contribution in [0, 0.1) is 0 Å². The van der Waals surface area contributed by atoms with Gasteiger partial charge in [0.2, 0.25) is 0 Å². The van der Waals surface area contributed by atoms with Gasteiger partial charge in [-0.15, -0.1) is 0 Å². The molecule has 0 amide bonds. The van der Waals surface area contributed by atoms with E-state index in [4.69, 9.17) is 10.2 Å². The average Bonchev–Trinajstić information content (AvgIpc) is 3.66. The van der Waals surface area contributed by atoms with Crippen molar-refractivity contribution in [2.24, 2.45) is 5.73 Å². The summed E-state index contributed by atoms with van der Waals surface area (Å²) in [4.78, 5) is 4.51. The third-order valence-electron chi connectivity index (χ3n) is 9.11. The zero-order chi connectivity index (χ0) is 30.6. The van der Waals surface area contributed by atoms with E-state index in [0.717, 1.165) is 78.5 Å². The van der Waals surface area contributed by atoms with Gasteiger partial charge in [0, 0.05) is 40.2 Å². The van der Waals surface area contributed by atoms with E-state index in [1.807, 2.05) is 30.5 Å². The van der Waals surface area contributed by atoms with Crippen molar-refractivity contribution in [2.45, 2.75) is 6.42 Å². The third-order valence-corrected chi connectivity index (χ3v) is 9.11. The fourth-order valence-electron chi connectivity index (χ4n) is 6.78. The summed E-state index contributed by atoms with van der Waals surface area (Å²) in [6.07, 6.45) is 11.0. The molecule has 1 aliphatic carbocycles. The van der Waals surface area contributed by atoms with E-state index in [2.05, 4.69) is 131 Å². The first-order valence-electron chi connectivity index (χ1n) is 15.5. The summed E-state index contributed by atoms with van der Waals surface area (Å²) in [6.45, 7) is 0. The molecule has 218 valence electrons. The van der Waals surface area contributed by atoms with Crippen LogP contribution in [-0.4, -0.2) is 9.55 Å². The first kappa shape index (κ1) is 26.3. The maximum absolute atomic E-state index is 6.48. The number of hydrogen-bond acceptors (Lipinski definition) is 3. The van der Waals surface area contributed by atoms with Crippen LogP contribution in [0.3, 0.4) is 0 Å². The van der Waals surface area contributed by atoms with Gasteiger partial charge in [-0.2, -0.15) is 0 Å². The number of allylic oxidation sites excluding steroid dienone is 4. The van der Waals surface area contributed by atoms with Gasteiger partial charge in [0.05, 0.1) is 22.1 Å². The maximum atomic E-state index is 6.48. The predicted molar refractivity (Wildman–Crippen MR) is 191 cm³/mol. The summed E-state index contributed by atoms with van der Waals surface area (Å²) in [5.41, 5.74) is 19.2. The van der Waals surface area contributed by atoms with E-state index in [9.17, 15) is 0 Å². The topological polar surface area (TPSA) is 57.0 Å². The van der Waals surface area contributed by atoms with Gasteiger partial charge in [-0.1, -0.05) is 97.1 Å². The van der Waals surface area contributed by atoms with Crippen LogP contribution >= 0.6 is 0 Å². The standard InChI is InChI=1S/C42H29N3O/c43-36(23-12-27-11-13-31-6-5-25-44-37(31)26-27)30-16-14-28(15-17-30)29-18-20-32(21-19-29)45-38-9-3-1-8-35(38)41-39(45)24-22-34-33-7-2-4-10-40(33)46-42(34)41/h1-25H,26,43H2/b27-12-,36-23-. The fraction of sp³-hybridized carbons (Fsp3) is 0.0238. The summed E-state index contributed by atoms with van der Waals surface area (Å²) in [5.74, 6) is 0. The van der Waals surface area contributed by atoms with Crippen LogP contribution in [0.5, 0.6) is 0 Å². The van der Waals surface area contributed by atoms with Crippen molar-refractivity contribution in [1.29, 1.82) is 0 Å². The Bertz CT molecular complexity index is 2540. The molecule has 2 N–H and O–H groups in total. The predicted octanol–water partition coefficient (Wildman–Crippen LogP) is 10.2. The Morgan fingerprint density at radius 3 is 2.30 bits per heavy atom. The van der Waals surface area contributed by atoms with Crippen molar-refractivity contribution in [3.05, 3.63) is 168 Å². The number of nitrogens with two attached hydrogens (primary N) is 1. The van der Waals surface area contributed by atoms with Crippen LogP contribution in [0.25, 0.3) is 72.3 Å². The minimum absolute atomic E-state index is 0.736. The molecule has 46 heavy (non-hydrogen) atoms. The molecule has 0 saturated heterocycles. The van der Waals surface area contributed by atoms with Crippen molar-refractivity contribution in [2.75, 3.05) is 0 Å². The molecule has 0 atom stereocenters. The summed E-state index contributed by atoms with van der Waals surface area (Å²) in [6, 6.07) is 42.5. The molecule has 0 saturated carbocycles. The monoisotopic (exact) mass is 591 g/mol. The van der Waals surface area contributed by atoms with Crippen molar-refractivity contribution in [3.8, 4) is 16.8 Å². The molecule has 9 rings (SSSR count). The number of furan rings is 1. The largest absolute Gasteiger partial charge is 0.455 e. The van der Waals surface area contributed by atoms with Gasteiger partial charge >= 0.3 is 0 Å². The van der Waals surface area contributed by atoms with Crippen molar-refractivity contribution < 1.29 is 4.42 Å². The van der Waals surface area contributed by atoms with E-state index in [1.165, 1.54) is 16.5 Å². The van der Waals surface area contributed by atoms with E-state index in [0.29, 0.717) is 0 Å². The summed E-state index contributed by atoms with van der Waals surface area (Å²) < 4.78 is 8.78. The highest BCUT2D eigenvalue weighted by Crippen LogP contribution is 2.40. The van der Waals surface area contributed by atoms with Crippen LogP contribution in [0.2, 0.25) is 0 Å². The Balaban J connectivity index is 1.03. The Morgan fingerprint density at radius 2 is 1.46 bits per heavy atom. The van der Waals surface area contributed by atoms with Gasteiger partial charge in [-0.05, 0) is 76.4 Å². The molecule has 5 aromatic carbocycles. The lowest BCUT2D eigenvalue weighted by molar-refractivity contribution is 0.673. The minimum atomic E-state index is 0.736. The zero-order valence-corrected chi connectivity index (χ0v) is 25.0. The zero-order valence-electron chi connectivity index (χ0n) is 25.0. The molecular formula is C42H29N3O. The number of rotatable bonds is 4. The molecular weight excluding hydrogens is 562 g/mol. The quantitative estimate of drug-likeness (QED) is 0.222. The highest BCUT2D eigenvalue weighted by Gasteiger charge is 2.18. The highest BCUT2D eigenvalue weighted by atomic mass is 16.3. The number of fused-ring (bicyclic) bond motifs is 8. The number of hydrogen-bond donors (Lipinski definition) is 1. The number of aromatic nitrogens is 2. The van der Waals surface area contributed by atoms with E-state index >= 15 is 0 Å². The molecule has 0 bridgehead atoms. The molecule has 4 heteroatoms. The molecule has 0 radical (unpaired) electrons. The Kier molecular flexibility index (Phi) is 6.00. The van der Waals surface area contributed by atoms with Gasteiger partial charge < -0.3 is 14.7 Å². The fourth-order valence-corrected chi connectivity index (χ4v) is 6.78. The first-order chi connectivity index (χ1) is 22.7. The second kappa shape index (κ2) is 10.5. The normalized spacial score (nSPS) is 14.2. The molecule has 1 aliphatic rings. The first-order valence-corrected chi connectivity index (χ1v) is 15.5. The summed E-state index contributed by atoms with van der Waals surface area (Å²) in [7, 11) is 0. The second-order valence-electron chi connectivity index (χ2n) is 11.8. The molecule has 4 nitrogen and oxygen atoms in total. The number of benzene rings is 5. The number of nitrogens with zero attached hydrogens (tertiary/aromatic N) is 2. The maximum Gasteiger partial charge on any atom is 0.145 e. The average molecular weight is 592 g/mol. The second-order valence-corrected chi connectivity index (χ2v) is 11.8. The Hall–Kier alpha value is -6.13. The highest BCUT2D eigenvalue weighted by molar-refractivity contribution is 6.23. The number of para-hydroxylation sites is 2. The van der Waals surface area contributed by atoms with Gasteiger partial charge in [0.1, 0.15) is 11.2 Å². The Labute approximate surface area is 266 Å². The molecule has 3 heterocycles. The summed E-state index contributed by atoms with van der Waals surface area (Å²) >= 11 is 0. The molecule has 0 spiro atoms. The van der Waals surface area contributed by atoms with Gasteiger partial charge in [0.25, 0.3) is 0 Å². The Morgan fingerprint density at radius 1 is 0.696 bits per heavy atom. The van der Waals surface area contributed by atoms with Gasteiger partial charge in [-0.25, -0.2) is 0 Å². The van der Waals surface area contributed by atoms with Gasteiger partial charge in [0.15, 0.2) is 0 Å². The van der Waals surface area contributed by atoms with Crippen molar-refractivity contribution in [3.63, 3.8) is 0 Å². The third kappa shape index (κ3) is 4.26. The summed E-state index contributed by atoms with van der Waals surface area (Å²) in [5, 5.41) is 4.62. The SMILES string of the molecule is N/C(=C\C=C1\C=Cc2cccnc2C1)c1ccc(-c2ccc(-n3c4ccccc4c4c5oc6ccccc6c5ccc43)cc2)cc1. The lowest BCUT2D eigenvalue weighted by Gasteiger charge is -2.11.